The minimum Gasteiger partial charge on any atom is -0.464 e. The topological polar surface area (TPSA) is 44.1 Å². The molecule has 2 aromatic heterocycles. The molecule has 3 aromatic rings. The Kier molecular flexibility index (Phi) is 4.20. The summed E-state index contributed by atoms with van der Waals surface area (Å²) in [4.78, 5) is 15.6. The quantitative estimate of drug-likeness (QED) is 0.528. The van der Waals surface area contributed by atoms with E-state index in [4.69, 9.17) is 0 Å². The standard InChI is InChI=1S/C17H12F4N2O2/c1-25-16(24)13-8-11-5-6-14(17(19,20)21)22-15(11)23(13)9-10-3-2-4-12(18)7-10/h2-8H,9H2,1H3. The third-order valence-electron chi connectivity index (χ3n) is 3.66. The van der Waals surface area contributed by atoms with Crippen molar-refractivity contribution in [2.24, 2.45) is 0 Å². The number of methoxy groups -OCH3 is 1. The molecule has 0 atom stereocenters. The number of benzene rings is 1. The van der Waals surface area contributed by atoms with E-state index in [2.05, 4.69) is 9.72 Å². The summed E-state index contributed by atoms with van der Waals surface area (Å²) in [5, 5.41) is 0.352. The number of rotatable bonds is 3. The molecule has 2 heterocycles. The first-order valence-electron chi connectivity index (χ1n) is 7.20. The Morgan fingerprint density at radius 3 is 2.60 bits per heavy atom. The highest BCUT2D eigenvalue weighted by Gasteiger charge is 2.33. The van der Waals surface area contributed by atoms with Gasteiger partial charge in [0.05, 0.1) is 7.11 Å². The molecule has 8 heteroatoms. The Morgan fingerprint density at radius 1 is 1.20 bits per heavy atom. The number of aromatic nitrogens is 2. The van der Waals surface area contributed by atoms with Gasteiger partial charge < -0.3 is 9.30 Å². The lowest BCUT2D eigenvalue weighted by Crippen LogP contribution is -2.13. The van der Waals surface area contributed by atoms with Crippen LogP contribution < -0.4 is 0 Å². The van der Waals surface area contributed by atoms with Crippen LogP contribution in [-0.2, 0) is 17.5 Å². The zero-order valence-corrected chi connectivity index (χ0v) is 13.0. The second-order valence-corrected chi connectivity index (χ2v) is 5.34. The first kappa shape index (κ1) is 16.9. The number of alkyl halides is 3. The second kappa shape index (κ2) is 6.19. The van der Waals surface area contributed by atoms with Crippen LogP contribution in [0.2, 0.25) is 0 Å². The molecular formula is C17H12F4N2O2. The van der Waals surface area contributed by atoms with Crippen molar-refractivity contribution in [2.45, 2.75) is 12.7 Å². The largest absolute Gasteiger partial charge is 0.464 e. The molecule has 0 radical (unpaired) electrons. The SMILES string of the molecule is COC(=O)c1cc2ccc(C(F)(F)F)nc2n1Cc1cccc(F)c1. The van der Waals surface area contributed by atoms with E-state index in [1.54, 1.807) is 6.07 Å². The third kappa shape index (κ3) is 3.33. The molecule has 0 saturated heterocycles. The highest BCUT2D eigenvalue weighted by atomic mass is 19.4. The molecule has 4 nitrogen and oxygen atoms in total. The predicted octanol–water partition coefficient (Wildman–Crippen LogP) is 4.03. The first-order valence-corrected chi connectivity index (χ1v) is 7.20. The van der Waals surface area contributed by atoms with Gasteiger partial charge in [0, 0.05) is 11.9 Å². The second-order valence-electron chi connectivity index (χ2n) is 5.34. The number of hydrogen-bond donors (Lipinski definition) is 0. The summed E-state index contributed by atoms with van der Waals surface area (Å²) in [5.74, 6) is -1.21. The molecular weight excluding hydrogens is 340 g/mol. The zero-order valence-electron chi connectivity index (χ0n) is 13.0. The lowest BCUT2D eigenvalue weighted by molar-refractivity contribution is -0.141. The summed E-state index contributed by atoms with van der Waals surface area (Å²) in [6.07, 6.45) is -4.62. The van der Waals surface area contributed by atoms with Crippen molar-refractivity contribution >= 4 is 17.0 Å². The summed E-state index contributed by atoms with van der Waals surface area (Å²) < 4.78 is 58.2. The minimum atomic E-state index is -4.62. The van der Waals surface area contributed by atoms with Gasteiger partial charge in [-0.25, -0.2) is 14.2 Å². The normalized spacial score (nSPS) is 11.7. The summed E-state index contributed by atoms with van der Waals surface area (Å²) in [5.41, 5.74) is -0.593. The summed E-state index contributed by atoms with van der Waals surface area (Å²) >= 11 is 0. The van der Waals surface area contributed by atoms with Crippen molar-refractivity contribution in [3.05, 3.63) is 65.2 Å². The van der Waals surface area contributed by atoms with Gasteiger partial charge in [-0.15, -0.1) is 0 Å². The zero-order chi connectivity index (χ0) is 18.2. The van der Waals surface area contributed by atoms with Gasteiger partial charge in [0.1, 0.15) is 22.9 Å². The molecule has 0 aliphatic heterocycles. The van der Waals surface area contributed by atoms with Crippen molar-refractivity contribution in [3.8, 4) is 0 Å². The van der Waals surface area contributed by atoms with E-state index in [-0.39, 0.29) is 17.9 Å². The van der Waals surface area contributed by atoms with Crippen LogP contribution in [-0.4, -0.2) is 22.6 Å². The average Bonchev–Trinajstić information content (AvgIpc) is 2.91. The van der Waals surface area contributed by atoms with Crippen LogP contribution in [0.4, 0.5) is 17.6 Å². The Hall–Kier alpha value is -2.90. The number of carbonyl (C=O) groups excluding carboxylic acids is 1. The van der Waals surface area contributed by atoms with Gasteiger partial charge in [-0.2, -0.15) is 13.2 Å². The Morgan fingerprint density at radius 2 is 1.96 bits per heavy atom. The van der Waals surface area contributed by atoms with Gasteiger partial charge in [0.15, 0.2) is 0 Å². The summed E-state index contributed by atoms with van der Waals surface area (Å²) in [6.45, 7) is -0.0278. The van der Waals surface area contributed by atoms with Crippen molar-refractivity contribution in [1.29, 1.82) is 0 Å². The van der Waals surface area contributed by atoms with Crippen LogP contribution >= 0.6 is 0 Å². The fourth-order valence-corrected chi connectivity index (χ4v) is 2.54. The molecule has 1 aromatic carbocycles. The molecule has 0 bridgehead atoms. The Bertz CT molecular complexity index is 947. The van der Waals surface area contributed by atoms with Gasteiger partial charge in [0.2, 0.25) is 0 Å². The van der Waals surface area contributed by atoms with E-state index in [1.165, 1.54) is 42.0 Å². The van der Waals surface area contributed by atoms with Crippen LogP contribution in [0.3, 0.4) is 0 Å². The predicted molar refractivity (Wildman–Crippen MR) is 81.6 cm³/mol. The number of halogens is 4. The molecule has 130 valence electrons. The van der Waals surface area contributed by atoms with E-state index in [0.717, 1.165) is 6.07 Å². The molecule has 25 heavy (non-hydrogen) atoms. The maximum Gasteiger partial charge on any atom is 0.433 e. The van der Waals surface area contributed by atoms with Gasteiger partial charge in [-0.1, -0.05) is 12.1 Å². The highest BCUT2D eigenvalue weighted by molar-refractivity contribution is 5.94. The van der Waals surface area contributed by atoms with Crippen LogP contribution in [0.25, 0.3) is 11.0 Å². The number of pyridine rings is 1. The molecule has 0 N–H and O–H groups in total. The average molecular weight is 352 g/mol. The van der Waals surface area contributed by atoms with Crippen molar-refractivity contribution in [2.75, 3.05) is 7.11 Å². The lowest BCUT2D eigenvalue weighted by atomic mass is 10.2. The smallest absolute Gasteiger partial charge is 0.433 e. The maximum absolute atomic E-state index is 13.4. The number of hydrogen-bond acceptors (Lipinski definition) is 3. The summed E-state index contributed by atoms with van der Waals surface area (Å²) in [7, 11) is 1.17. The number of carbonyl (C=O) groups is 1. The fraction of sp³-hybridized carbons (Fsp3) is 0.176. The van der Waals surface area contributed by atoms with Crippen molar-refractivity contribution in [3.63, 3.8) is 0 Å². The molecule has 0 amide bonds. The highest BCUT2D eigenvalue weighted by Crippen LogP contribution is 2.30. The molecule has 0 fully saturated rings. The van der Waals surface area contributed by atoms with E-state index >= 15 is 0 Å². The van der Waals surface area contributed by atoms with Crippen LogP contribution in [0.15, 0.2) is 42.5 Å². The first-order chi connectivity index (χ1) is 11.8. The lowest BCUT2D eigenvalue weighted by Gasteiger charge is -2.11. The molecule has 0 saturated carbocycles. The van der Waals surface area contributed by atoms with Gasteiger partial charge in [-0.3, -0.25) is 0 Å². The maximum atomic E-state index is 13.4. The monoisotopic (exact) mass is 352 g/mol. The molecule has 3 rings (SSSR count). The Labute approximate surface area is 139 Å². The van der Waals surface area contributed by atoms with E-state index < -0.39 is 23.7 Å². The van der Waals surface area contributed by atoms with Gasteiger partial charge >= 0.3 is 12.1 Å². The van der Waals surface area contributed by atoms with E-state index in [1.807, 2.05) is 0 Å². The van der Waals surface area contributed by atoms with Gasteiger partial charge in [-0.05, 0) is 35.9 Å². The van der Waals surface area contributed by atoms with Crippen LogP contribution in [0, 0.1) is 5.82 Å². The summed E-state index contributed by atoms with van der Waals surface area (Å²) in [6, 6.07) is 9.04. The molecule has 0 aliphatic rings. The van der Waals surface area contributed by atoms with E-state index in [9.17, 15) is 22.4 Å². The van der Waals surface area contributed by atoms with Gasteiger partial charge in [0.25, 0.3) is 0 Å². The molecule has 0 unspecified atom stereocenters. The van der Waals surface area contributed by atoms with Crippen LogP contribution in [0.5, 0.6) is 0 Å². The molecule has 0 aliphatic carbocycles. The number of ether oxygens (including phenoxy) is 1. The number of nitrogens with zero attached hydrogens (tertiary/aromatic N) is 2. The Balaban J connectivity index is 2.19. The minimum absolute atomic E-state index is 0.0278. The van der Waals surface area contributed by atoms with E-state index in [0.29, 0.717) is 10.9 Å². The third-order valence-corrected chi connectivity index (χ3v) is 3.66. The van der Waals surface area contributed by atoms with Crippen molar-refractivity contribution in [1.82, 2.24) is 9.55 Å². The van der Waals surface area contributed by atoms with Crippen molar-refractivity contribution < 1.29 is 27.1 Å². The number of esters is 1. The fourth-order valence-electron chi connectivity index (χ4n) is 2.54. The number of fused-ring (bicyclic) bond motifs is 1. The van der Waals surface area contributed by atoms with Crippen LogP contribution in [0.1, 0.15) is 21.7 Å². The molecule has 0 spiro atoms.